The summed E-state index contributed by atoms with van der Waals surface area (Å²) in [6.07, 6.45) is 6.01. The summed E-state index contributed by atoms with van der Waals surface area (Å²) in [5.41, 5.74) is 2.80. The lowest BCUT2D eigenvalue weighted by Gasteiger charge is -2.06. The lowest BCUT2D eigenvalue weighted by atomic mass is 10.1. The fraction of sp³-hybridized carbons (Fsp3) is 0.0476. The largest absolute Gasteiger partial charge is 0.423 e. The van der Waals surface area contributed by atoms with Crippen LogP contribution in [0.25, 0.3) is 12.2 Å². The van der Waals surface area contributed by atoms with Crippen molar-refractivity contribution in [1.82, 2.24) is 0 Å². The molecule has 0 amide bonds. The number of carbonyl (C=O) groups is 2. The van der Waals surface area contributed by atoms with Crippen LogP contribution >= 0.6 is 0 Å². The number of ether oxygens (including phenoxy) is 2. The Kier molecular flexibility index (Phi) is 6.07. The summed E-state index contributed by atoms with van der Waals surface area (Å²) in [7, 11) is 0. The van der Waals surface area contributed by atoms with Gasteiger partial charge in [-0.15, -0.1) is 0 Å². The van der Waals surface area contributed by atoms with Gasteiger partial charge in [-0.05, 0) is 47.9 Å². The molecule has 4 nitrogen and oxygen atoms in total. The van der Waals surface area contributed by atoms with Crippen LogP contribution in [0.2, 0.25) is 0 Å². The van der Waals surface area contributed by atoms with Gasteiger partial charge in [-0.3, -0.25) is 0 Å². The first-order valence-electron chi connectivity index (χ1n) is 7.59. The van der Waals surface area contributed by atoms with Crippen LogP contribution in [0, 0.1) is 6.92 Å². The van der Waals surface area contributed by atoms with Crippen LogP contribution in [0.4, 0.5) is 0 Å². The fourth-order valence-electron chi connectivity index (χ4n) is 2.04. The average Bonchev–Trinajstić information content (AvgIpc) is 2.62. The highest BCUT2D eigenvalue weighted by atomic mass is 16.5. The van der Waals surface area contributed by atoms with Crippen LogP contribution in [-0.4, -0.2) is 11.9 Å². The number of carbonyl (C=O) groups excluding carboxylic acids is 2. The zero-order valence-corrected chi connectivity index (χ0v) is 13.9. The van der Waals surface area contributed by atoms with E-state index in [0.717, 1.165) is 28.8 Å². The third kappa shape index (κ3) is 5.32. The molecule has 0 spiro atoms. The topological polar surface area (TPSA) is 52.6 Å². The Morgan fingerprint density at radius 3 is 2.16 bits per heavy atom. The van der Waals surface area contributed by atoms with Crippen molar-refractivity contribution in [1.29, 1.82) is 0 Å². The van der Waals surface area contributed by atoms with E-state index in [1.54, 1.807) is 30.3 Å². The molecule has 0 aliphatic carbocycles. The van der Waals surface area contributed by atoms with Crippen LogP contribution in [0.1, 0.15) is 16.7 Å². The molecule has 2 rings (SSSR count). The molecule has 126 valence electrons. The molecule has 0 atom stereocenters. The van der Waals surface area contributed by atoms with Crippen LogP contribution in [0.5, 0.6) is 11.5 Å². The minimum atomic E-state index is -0.506. The van der Waals surface area contributed by atoms with Crippen molar-refractivity contribution in [2.45, 2.75) is 6.92 Å². The van der Waals surface area contributed by atoms with Crippen LogP contribution in [0.3, 0.4) is 0 Å². The Morgan fingerprint density at radius 1 is 0.880 bits per heavy atom. The van der Waals surface area contributed by atoms with Gasteiger partial charge in [0, 0.05) is 12.2 Å². The zero-order chi connectivity index (χ0) is 18.2. The quantitative estimate of drug-likeness (QED) is 0.341. The molecule has 0 saturated carbocycles. The zero-order valence-electron chi connectivity index (χ0n) is 13.9. The Balaban J connectivity index is 2.21. The monoisotopic (exact) mass is 334 g/mol. The number of hydrogen-bond donors (Lipinski definition) is 0. The maximum absolute atomic E-state index is 11.3. The first-order chi connectivity index (χ1) is 12.0. The molecule has 0 aliphatic rings. The summed E-state index contributed by atoms with van der Waals surface area (Å²) in [6, 6.07) is 12.5. The smallest absolute Gasteiger partial charge is 0.335 e. The predicted octanol–water partition coefficient (Wildman–Crippen LogP) is 4.35. The van der Waals surface area contributed by atoms with Gasteiger partial charge in [0.2, 0.25) is 0 Å². The third-order valence-electron chi connectivity index (χ3n) is 3.33. The normalized spacial score (nSPS) is 10.3. The van der Waals surface area contributed by atoms with Gasteiger partial charge in [0.1, 0.15) is 11.5 Å². The van der Waals surface area contributed by atoms with Gasteiger partial charge in [0.25, 0.3) is 0 Å². The third-order valence-corrected chi connectivity index (χ3v) is 3.33. The number of benzene rings is 2. The molecular weight excluding hydrogens is 316 g/mol. The van der Waals surface area contributed by atoms with Gasteiger partial charge in [-0.1, -0.05) is 43.5 Å². The standard InChI is InChI=1S/C21H18O4/c1-4-20(22)24-18-8-6-7-16(13-18)10-11-17-14-19(12-9-15(17)3)25-21(23)5-2/h4-14H,1-2H2,3H3/b11-10-. The van der Waals surface area contributed by atoms with Crippen molar-refractivity contribution < 1.29 is 19.1 Å². The van der Waals surface area contributed by atoms with E-state index in [4.69, 9.17) is 9.47 Å². The number of hydrogen-bond acceptors (Lipinski definition) is 4. The van der Waals surface area contributed by atoms with E-state index < -0.39 is 11.9 Å². The SMILES string of the molecule is C=CC(=O)Oc1cccc(/C=C\c2cc(OC(=O)C=C)ccc2C)c1. The summed E-state index contributed by atoms with van der Waals surface area (Å²) in [4.78, 5) is 22.6. The van der Waals surface area contributed by atoms with Crippen LogP contribution < -0.4 is 9.47 Å². The van der Waals surface area contributed by atoms with E-state index in [0.29, 0.717) is 11.5 Å². The fourth-order valence-corrected chi connectivity index (χ4v) is 2.04. The summed E-state index contributed by atoms with van der Waals surface area (Å²) in [5, 5.41) is 0. The van der Waals surface area contributed by atoms with Crippen LogP contribution in [-0.2, 0) is 9.59 Å². The molecule has 2 aromatic carbocycles. The first kappa shape index (κ1) is 17.9. The number of esters is 2. The van der Waals surface area contributed by atoms with Gasteiger partial charge in [-0.25, -0.2) is 9.59 Å². The highest BCUT2D eigenvalue weighted by molar-refractivity contribution is 5.84. The second kappa shape index (κ2) is 8.45. The summed E-state index contributed by atoms with van der Waals surface area (Å²) in [6.45, 7) is 8.71. The predicted molar refractivity (Wildman–Crippen MR) is 98.2 cm³/mol. The Morgan fingerprint density at radius 2 is 1.52 bits per heavy atom. The van der Waals surface area contributed by atoms with Gasteiger partial charge < -0.3 is 9.47 Å². The van der Waals surface area contributed by atoms with Gasteiger partial charge in [0.05, 0.1) is 0 Å². The lowest BCUT2D eigenvalue weighted by molar-refractivity contribution is -0.129. The van der Waals surface area contributed by atoms with E-state index >= 15 is 0 Å². The highest BCUT2D eigenvalue weighted by Crippen LogP contribution is 2.21. The molecule has 0 aromatic heterocycles. The molecular formula is C21H18O4. The molecule has 2 aromatic rings. The van der Waals surface area contributed by atoms with Crippen molar-refractivity contribution in [3.63, 3.8) is 0 Å². The summed E-state index contributed by atoms with van der Waals surface area (Å²) < 4.78 is 10.2. The maximum atomic E-state index is 11.3. The molecule has 0 saturated heterocycles. The van der Waals surface area contributed by atoms with E-state index in [2.05, 4.69) is 13.2 Å². The van der Waals surface area contributed by atoms with Crippen LogP contribution in [0.15, 0.2) is 67.8 Å². The average molecular weight is 334 g/mol. The van der Waals surface area contributed by atoms with E-state index in [1.165, 1.54) is 0 Å². The lowest BCUT2D eigenvalue weighted by Crippen LogP contribution is -2.03. The summed E-state index contributed by atoms with van der Waals surface area (Å²) >= 11 is 0. The van der Waals surface area contributed by atoms with Gasteiger partial charge in [0.15, 0.2) is 0 Å². The number of rotatable bonds is 6. The molecule has 0 bridgehead atoms. The highest BCUT2D eigenvalue weighted by Gasteiger charge is 2.03. The second-order valence-electron chi connectivity index (χ2n) is 5.17. The van der Waals surface area contributed by atoms with Crippen molar-refractivity contribution in [2.24, 2.45) is 0 Å². The summed E-state index contributed by atoms with van der Waals surface area (Å²) in [5.74, 6) is -0.120. The van der Waals surface area contributed by atoms with E-state index in [9.17, 15) is 9.59 Å². The van der Waals surface area contributed by atoms with Gasteiger partial charge >= 0.3 is 11.9 Å². The molecule has 4 heteroatoms. The second-order valence-corrected chi connectivity index (χ2v) is 5.17. The first-order valence-corrected chi connectivity index (χ1v) is 7.59. The van der Waals surface area contributed by atoms with Crippen molar-refractivity contribution in [3.05, 3.63) is 84.5 Å². The Bertz CT molecular complexity index is 847. The van der Waals surface area contributed by atoms with Gasteiger partial charge in [-0.2, -0.15) is 0 Å². The molecule has 0 heterocycles. The Labute approximate surface area is 146 Å². The van der Waals surface area contributed by atoms with Crippen molar-refractivity contribution in [2.75, 3.05) is 0 Å². The molecule has 0 unspecified atom stereocenters. The molecule has 0 fully saturated rings. The Hall–Kier alpha value is -3.40. The number of aryl methyl sites for hydroxylation is 1. The van der Waals surface area contributed by atoms with Crippen molar-refractivity contribution in [3.8, 4) is 11.5 Å². The minimum absolute atomic E-state index is 0.442. The minimum Gasteiger partial charge on any atom is -0.423 e. The van der Waals surface area contributed by atoms with E-state index in [-0.39, 0.29) is 0 Å². The molecule has 0 N–H and O–H groups in total. The molecule has 25 heavy (non-hydrogen) atoms. The molecule has 0 aliphatic heterocycles. The van der Waals surface area contributed by atoms with E-state index in [1.807, 2.05) is 31.2 Å². The maximum Gasteiger partial charge on any atom is 0.335 e. The van der Waals surface area contributed by atoms with Crippen molar-refractivity contribution >= 4 is 24.1 Å². The molecule has 0 radical (unpaired) electrons.